The summed E-state index contributed by atoms with van der Waals surface area (Å²) in [6.45, 7) is 1.39. The predicted octanol–water partition coefficient (Wildman–Crippen LogP) is 5.47. The minimum absolute atomic E-state index is 0.0121. The summed E-state index contributed by atoms with van der Waals surface area (Å²) in [5, 5.41) is 6.30. The first-order valence-electron chi connectivity index (χ1n) is 12.1. The second-order valence-electron chi connectivity index (χ2n) is 8.96. The molecule has 8 nitrogen and oxygen atoms in total. The molecule has 0 bridgehead atoms. The molecule has 9 heteroatoms. The van der Waals surface area contributed by atoms with Crippen molar-refractivity contribution >= 4 is 33.2 Å². The second-order valence-corrected chi connectivity index (χ2v) is 10.5. The highest BCUT2D eigenvalue weighted by Gasteiger charge is 2.24. The average molecular weight is 505 g/mol. The molecule has 0 radical (unpaired) electrons. The van der Waals surface area contributed by atoms with Crippen molar-refractivity contribution in [2.75, 3.05) is 10.6 Å². The summed E-state index contributed by atoms with van der Waals surface area (Å²) >= 11 is 0. The van der Waals surface area contributed by atoms with Crippen LogP contribution in [0.3, 0.4) is 0 Å². The smallest absolute Gasteiger partial charge is 0.339 e. The van der Waals surface area contributed by atoms with Crippen LogP contribution >= 0.6 is 0 Å². The molecule has 2 N–H and O–H groups in total. The summed E-state index contributed by atoms with van der Waals surface area (Å²) in [5.74, 6) is 0.782. The van der Waals surface area contributed by atoms with Gasteiger partial charge in [-0.15, -0.1) is 0 Å². The minimum atomic E-state index is -4.13. The van der Waals surface area contributed by atoms with Crippen LogP contribution in [0.15, 0.2) is 77.8 Å². The van der Waals surface area contributed by atoms with Crippen molar-refractivity contribution < 1.29 is 17.4 Å². The molecule has 0 atom stereocenters. The Bertz CT molecular complexity index is 1490. The molecule has 2 aromatic heterocycles. The largest absolute Gasteiger partial charge is 0.378 e. The van der Waals surface area contributed by atoms with Crippen molar-refractivity contribution in [1.29, 1.82) is 0 Å². The number of pyridine rings is 1. The van der Waals surface area contributed by atoms with Crippen molar-refractivity contribution in [3.63, 3.8) is 0 Å². The van der Waals surface area contributed by atoms with E-state index in [9.17, 15) is 13.2 Å². The van der Waals surface area contributed by atoms with Gasteiger partial charge < -0.3 is 14.8 Å². The number of rotatable bonds is 7. The number of nitrogens with one attached hydrogen (secondary N) is 2. The SMILES string of the molecule is CC(=O)Nc1ccc(S(=O)(=O)Oc2ccccc2-c2nc3ccccn3c2NC2CCCCC2)cc1. The molecule has 0 spiro atoms. The Hall–Kier alpha value is -3.85. The van der Waals surface area contributed by atoms with E-state index in [-0.39, 0.29) is 16.6 Å². The van der Waals surface area contributed by atoms with Gasteiger partial charge in [-0.2, -0.15) is 8.42 Å². The predicted molar refractivity (Wildman–Crippen MR) is 140 cm³/mol. The van der Waals surface area contributed by atoms with Gasteiger partial charge in [-0.05, 0) is 61.4 Å². The highest BCUT2D eigenvalue weighted by atomic mass is 32.2. The van der Waals surface area contributed by atoms with Gasteiger partial charge in [-0.1, -0.05) is 37.5 Å². The van der Waals surface area contributed by atoms with E-state index in [1.54, 1.807) is 12.1 Å². The molecule has 1 amide bonds. The Balaban J connectivity index is 1.51. The van der Waals surface area contributed by atoms with Gasteiger partial charge in [0.1, 0.15) is 22.1 Å². The number of benzene rings is 2. The number of carbonyl (C=O) groups excluding carboxylic acids is 1. The number of para-hydroxylation sites is 1. The Morgan fingerprint density at radius 2 is 1.69 bits per heavy atom. The Morgan fingerprint density at radius 3 is 2.44 bits per heavy atom. The molecule has 0 saturated heterocycles. The third kappa shape index (κ3) is 5.06. The van der Waals surface area contributed by atoms with E-state index in [1.807, 2.05) is 40.9 Å². The lowest BCUT2D eigenvalue weighted by molar-refractivity contribution is -0.114. The van der Waals surface area contributed by atoms with E-state index in [4.69, 9.17) is 9.17 Å². The van der Waals surface area contributed by atoms with Crippen LogP contribution in [0.25, 0.3) is 16.9 Å². The zero-order valence-corrected chi connectivity index (χ0v) is 20.8. The molecule has 1 fully saturated rings. The number of hydrogen-bond donors (Lipinski definition) is 2. The number of hydrogen-bond acceptors (Lipinski definition) is 6. The average Bonchev–Trinajstić information content (AvgIpc) is 3.23. The van der Waals surface area contributed by atoms with Crippen LogP contribution in [-0.4, -0.2) is 29.8 Å². The number of aromatic nitrogens is 2. The van der Waals surface area contributed by atoms with Gasteiger partial charge >= 0.3 is 10.1 Å². The summed E-state index contributed by atoms with van der Waals surface area (Å²) in [6.07, 6.45) is 7.73. The Labute approximate surface area is 210 Å². The minimum Gasteiger partial charge on any atom is -0.378 e. The van der Waals surface area contributed by atoms with Crippen molar-refractivity contribution in [2.24, 2.45) is 0 Å². The lowest BCUT2D eigenvalue weighted by atomic mass is 9.95. The van der Waals surface area contributed by atoms with Gasteiger partial charge in [0.15, 0.2) is 5.75 Å². The van der Waals surface area contributed by atoms with Crippen LogP contribution in [-0.2, 0) is 14.9 Å². The lowest BCUT2D eigenvalue weighted by Crippen LogP contribution is -2.23. The first-order chi connectivity index (χ1) is 17.4. The number of amides is 1. The fraction of sp³-hybridized carbons (Fsp3) is 0.259. The number of imidazole rings is 1. The monoisotopic (exact) mass is 504 g/mol. The third-order valence-corrected chi connectivity index (χ3v) is 7.53. The highest BCUT2D eigenvalue weighted by molar-refractivity contribution is 7.87. The van der Waals surface area contributed by atoms with Crippen LogP contribution in [0.2, 0.25) is 0 Å². The maximum atomic E-state index is 13.1. The standard InChI is InChI=1S/C27H28N4O4S/c1-19(32)28-21-14-16-22(17-15-21)36(33,34)35-24-12-6-5-11-23(24)26-27(29-20-9-3-2-4-10-20)31-18-8-7-13-25(31)30-26/h5-8,11-18,20,29H,2-4,9-10H2,1H3,(H,28,32). The van der Waals surface area contributed by atoms with Gasteiger partial charge in [0, 0.05) is 30.4 Å². The van der Waals surface area contributed by atoms with Crippen molar-refractivity contribution in [3.8, 4) is 17.0 Å². The molecule has 186 valence electrons. The molecule has 0 aliphatic heterocycles. The highest BCUT2D eigenvalue weighted by Crippen LogP contribution is 2.37. The van der Waals surface area contributed by atoms with Gasteiger partial charge in [0.2, 0.25) is 5.91 Å². The first kappa shape index (κ1) is 23.9. The molecule has 36 heavy (non-hydrogen) atoms. The van der Waals surface area contributed by atoms with Gasteiger partial charge in [0.05, 0.1) is 0 Å². The summed E-state index contributed by atoms with van der Waals surface area (Å²) in [4.78, 5) is 16.1. The summed E-state index contributed by atoms with van der Waals surface area (Å²) < 4.78 is 33.9. The van der Waals surface area contributed by atoms with Crippen molar-refractivity contribution in [1.82, 2.24) is 9.38 Å². The fourth-order valence-electron chi connectivity index (χ4n) is 4.57. The lowest BCUT2D eigenvalue weighted by Gasteiger charge is -2.24. The molecule has 1 aliphatic carbocycles. The van der Waals surface area contributed by atoms with E-state index in [1.165, 1.54) is 50.5 Å². The van der Waals surface area contributed by atoms with Gasteiger partial charge in [0.25, 0.3) is 0 Å². The number of carbonyl (C=O) groups is 1. The van der Waals surface area contributed by atoms with E-state index < -0.39 is 10.1 Å². The molecule has 1 aliphatic rings. The molecule has 0 unspecified atom stereocenters. The zero-order chi connectivity index (χ0) is 25.1. The van der Waals surface area contributed by atoms with Crippen LogP contribution in [0.1, 0.15) is 39.0 Å². The summed E-state index contributed by atoms with van der Waals surface area (Å²) in [5.41, 5.74) is 2.48. The van der Waals surface area contributed by atoms with E-state index >= 15 is 0 Å². The van der Waals surface area contributed by atoms with Crippen molar-refractivity contribution in [3.05, 3.63) is 72.9 Å². The number of anilines is 2. The summed E-state index contributed by atoms with van der Waals surface area (Å²) in [7, 11) is -4.13. The third-order valence-electron chi connectivity index (χ3n) is 6.28. The van der Waals surface area contributed by atoms with E-state index in [0.717, 1.165) is 24.3 Å². The Kier molecular flexibility index (Phi) is 6.65. The first-order valence-corrected chi connectivity index (χ1v) is 13.5. The quantitative estimate of drug-likeness (QED) is 0.324. The van der Waals surface area contributed by atoms with Crippen molar-refractivity contribution in [2.45, 2.75) is 50.0 Å². The van der Waals surface area contributed by atoms with Crippen LogP contribution < -0.4 is 14.8 Å². The zero-order valence-electron chi connectivity index (χ0n) is 20.0. The summed E-state index contributed by atoms with van der Waals surface area (Å²) in [6, 6.07) is 19.0. The maximum absolute atomic E-state index is 13.1. The van der Waals surface area contributed by atoms with Crippen LogP contribution in [0, 0.1) is 0 Å². The van der Waals surface area contributed by atoms with Gasteiger partial charge in [-0.25, -0.2) is 4.98 Å². The van der Waals surface area contributed by atoms with Crippen LogP contribution in [0.4, 0.5) is 11.5 Å². The fourth-order valence-corrected chi connectivity index (χ4v) is 5.52. The Morgan fingerprint density at radius 1 is 0.972 bits per heavy atom. The maximum Gasteiger partial charge on any atom is 0.339 e. The van der Waals surface area contributed by atoms with Crippen LogP contribution in [0.5, 0.6) is 5.75 Å². The molecule has 2 aromatic carbocycles. The van der Waals surface area contributed by atoms with E-state index in [2.05, 4.69) is 10.6 Å². The molecular formula is C27H28N4O4S. The number of fused-ring (bicyclic) bond motifs is 1. The van der Waals surface area contributed by atoms with Gasteiger partial charge in [-0.3, -0.25) is 9.20 Å². The molecule has 4 aromatic rings. The molecule has 1 saturated carbocycles. The topological polar surface area (TPSA) is 102 Å². The molecule has 2 heterocycles. The molecule has 5 rings (SSSR count). The second kappa shape index (κ2) is 10.0. The van der Waals surface area contributed by atoms with E-state index in [0.29, 0.717) is 23.0 Å². The molecular weight excluding hydrogens is 476 g/mol. The number of nitrogens with zero attached hydrogens (tertiary/aromatic N) is 2. The normalized spacial score (nSPS) is 14.5.